The molecule has 0 saturated heterocycles. The van der Waals surface area contributed by atoms with Crippen LogP contribution in [0, 0.1) is 0 Å². The number of hydrogen-bond acceptors (Lipinski definition) is 3. The van der Waals surface area contributed by atoms with Gasteiger partial charge in [-0.1, -0.05) is 18.2 Å². The summed E-state index contributed by atoms with van der Waals surface area (Å²) in [5.74, 6) is 1.67. The van der Waals surface area contributed by atoms with Gasteiger partial charge in [0.1, 0.15) is 6.33 Å². The highest BCUT2D eigenvalue weighted by Gasteiger charge is 2.21. The Hall–Kier alpha value is -2.37. The Labute approximate surface area is 124 Å². The van der Waals surface area contributed by atoms with E-state index in [-0.39, 0.29) is 0 Å². The van der Waals surface area contributed by atoms with Crippen LogP contribution in [0.15, 0.2) is 35.6 Å². The normalized spacial score (nSPS) is 15.0. The van der Waals surface area contributed by atoms with Crippen LogP contribution in [-0.4, -0.2) is 33.7 Å². The lowest BCUT2D eigenvalue weighted by atomic mass is 10.1. The predicted molar refractivity (Wildman–Crippen MR) is 82.8 cm³/mol. The van der Waals surface area contributed by atoms with Gasteiger partial charge >= 0.3 is 0 Å². The molecule has 1 aliphatic carbocycles. The maximum Gasteiger partial charge on any atom is 0.191 e. The van der Waals surface area contributed by atoms with Gasteiger partial charge in [-0.05, 0) is 31.4 Å². The number of aromatic amines is 1. The fourth-order valence-corrected chi connectivity index (χ4v) is 2.07. The van der Waals surface area contributed by atoms with Crippen LogP contribution < -0.4 is 10.6 Å². The van der Waals surface area contributed by atoms with Crippen LogP contribution >= 0.6 is 0 Å². The van der Waals surface area contributed by atoms with Crippen molar-refractivity contribution in [1.29, 1.82) is 0 Å². The first-order valence-electron chi connectivity index (χ1n) is 7.34. The molecule has 0 atom stereocenters. The van der Waals surface area contributed by atoms with Crippen molar-refractivity contribution in [2.45, 2.75) is 32.4 Å². The van der Waals surface area contributed by atoms with E-state index < -0.39 is 0 Å². The summed E-state index contributed by atoms with van der Waals surface area (Å²) in [4.78, 5) is 8.81. The predicted octanol–water partition coefficient (Wildman–Crippen LogP) is 1.69. The molecule has 1 aliphatic rings. The van der Waals surface area contributed by atoms with Gasteiger partial charge in [0.2, 0.25) is 0 Å². The molecule has 6 heteroatoms. The smallest absolute Gasteiger partial charge is 0.191 e. The van der Waals surface area contributed by atoms with E-state index in [0.717, 1.165) is 29.5 Å². The summed E-state index contributed by atoms with van der Waals surface area (Å²) >= 11 is 0. The molecule has 0 spiro atoms. The summed E-state index contributed by atoms with van der Waals surface area (Å²) in [6, 6.07) is 8.79. The summed E-state index contributed by atoms with van der Waals surface area (Å²) < 4.78 is 0. The third-order valence-corrected chi connectivity index (χ3v) is 3.30. The molecule has 0 radical (unpaired) electrons. The van der Waals surface area contributed by atoms with Crippen molar-refractivity contribution in [2.24, 2.45) is 4.99 Å². The lowest BCUT2D eigenvalue weighted by Crippen LogP contribution is -2.38. The molecule has 0 aliphatic heterocycles. The van der Waals surface area contributed by atoms with Crippen LogP contribution in [0.3, 0.4) is 0 Å². The summed E-state index contributed by atoms with van der Waals surface area (Å²) in [5.41, 5.74) is 2.18. The van der Waals surface area contributed by atoms with Crippen molar-refractivity contribution in [3.05, 3.63) is 36.2 Å². The Balaban J connectivity index is 1.69. The minimum atomic E-state index is 0.600. The highest BCUT2D eigenvalue weighted by atomic mass is 15.2. The maximum absolute atomic E-state index is 4.63. The molecule has 0 amide bonds. The van der Waals surface area contributed by atoms with E-state index in [9.17, 15) is 0 Å². The maximum atomic E-state index is 4.63. The first-order valence-corrected chi connectivity index (χ1v) is 7.34. The van der Waals surface area contributed by atoms with E-state index in [1.165, 1.54) is 19.2 Å². The van der Waals surface area contributed by atoms with E-state index in [1.54, 1.807) is 0 Å². The van der Waals surface area contributed by atoms with Crippen LogP contribution in [0.25, 0.3) is 11.4 Å². The number of rotatable bonds is 5. The van der Waals surface area contributed by atoms with Crippen molar-refractivity contribution in [2.75, 3.05) is 6.54 Å². The van der Waals surface area contributed by atoms with Gasteiger partial charge in [-0.15, -0.1) is 0 Å². The number of H-pyrrole nitrogens is 1. The van der Waals surface area contributed by atoms with Gasteiger partial charge in [-0.3, -0.25) is 5.10 Å². The molecule has 1 saturated carbocycles. The van der Waals surface area contributed by atoms with Gasteiger partial charge in [-0.2, -0.15) is 5.10 Å². The van der Waals surface area contributed by atoms with Crippen LogP contribution in [0.4, 0.5) is 0 Å². The highest BCUT2D eigenvalue weighted by molar-refractivity contribution is 5.80. The summed E-state index contributed by atoms with van der Waals surface area (Å²) in [6.45, 7) is 3.59. The molecule has 1 aromatic carbocycles. The Morgan fingerprint density at radius 2 is 2.33 bits per heavy atom. The fraction of sp³-hybridized carbons (Fsp3) is 0.400. The number of nitrogens with zero attached hydrogens (tertiary/aromatic N) is 3. The summed E-state index contributed by atoms with van der Waals surface area (Å²) in [7, 11) is 0. The zero-order chi connectivity index (χ0) is 14.5. The van der Waals surface area contributed by atoms with Crippen LogP contribution in [0.1, 0.15) is 25.3 Å². The zero-order valence-corrected chi connectivity index (χ0v) is 12.1. The SMILES string of the molecule is CCNC(=NCc1cccc(-c2ncn[nH]2)c1)NC1CC1. The van der Waals surface area contributed by atoms with Crippen molar-refractivity contribution in [3.63, 3.8) is 0 Å². The number of hydrogen-bond donors (Lipinski definition) is 3. The monoisotopic (exact) mass is 284 g/mol. The van der Waals surface area contributed by atoms with E-state index >= 15 is 0 Å². The van der Waals surface area contributed by atoms with E-state index in [1.807, 2.05) is 12.1 Å². The highest BCUT2D eigenvalue weighted by Crippen LogP contribution is 2.19. The van der Waals surface area contributed by atoms with E-state index in [4.69, 9.17) is 0 Å². The van der Waals surface area contributed by atoms with Crippen molar-refractivity contribution >= 4 is 5.96 Å². The minimum Gasteiger partial charge on any atom is -0.357 e. The molecule has 6 nitrogen and oxygen atoms in total. The zero-order valence-electron chi connectivity index (χ0n) is 12.1. The Morgan fingerprint density at radius 3 is 3.05 bits per heavy atom. The third-order valence-electron chi connectivity index (χ3n) is 3.30. The summed E-state index contributed by atoms with van der Waals surface area (Å²) in [5, 5.41) is 13.5. The van der Waals surface area contributed by atoms with Gasteiger partial charge in [0.15, 0.2) is 11.8 Å². The molecule has 0 bridgehead atoms. The minimum absolute atomic E-state index is 0.600. The quantitative estimate of drug-likeness (QED) is 0.577. The number of aliphatic imine (C=N–C) groups is 1. The van der Waals surface area contributed by atoms with Crippen LogP contribution in [0.5, 0.6) is 0 Å². The Morgan fingerprint density at radius 1 is 1.43 bits per heavy atom. The van der Waals surface area contributed by atoms with Crippen molar-refractivity contribution in [3.8, 4) is 11.4 Å². The Bertz CT molecular complexity index is 600. The largest absolute Gasteiger partial charge is 0.357 e. The van der Waals surface area contributed by atoms with Gasteiger partial charge in [0.25, 0.3) is 0 Å². The number of guanidine groups is 1. The van der Waals surface area contributed by atoms with Gasteiger partial charge in [0, 0.05) is 18.2 Å². The van der Waals surface area contributed by atoms with E-state index in [0.29, 0.717) is 12.6 Å². The van der Waals surface area contributed by atoms with Crippen LogP contribution in [0.2, 0.25) is 0 Å². The molecular weight excluding hydrogens is 264 g/mol. The molecule has 1 aromatic heterocycles. The second-order valence-electron chi connectivity index (χ2n) is 5.15. The molecule has 110 valence electrons. The molecule has 1 fully saturated rings. The topological polar surface area (TPSA) is 78.0 Å². The third kappa shape index (κ3) is 3.81. The number of benzene rings is 1. The average Bonchev–Trinajstić information content (AvgIpc) is 3.15. The number of aromatic nitrogens is 3. The molecule has 0 unspecified atom stereocenters. The lowest BCUT2D eigenvalue weighted by Gasteiger charge is -2.10. The standard InChI is InChI=1S/C15H20N6/c1-2-16-15(20-13-6-7-13)17-9-11-4-3-5-12(8-11)14-18-10-19-21-14/h3-5,8,10,13H,2,6-7,9H2,1H3,(H2,16,17,20)(H,18,19,21). The van der Waals surface area contributed by atoms with Crippen LogP contribution in [-0.2, 0) is 6.54 Å². The van der Waals surface area contributed by atoms with Gasteiger partial charge in [-0.25, -0.2) is 9.98 Å². The van der Waals surface area contributed by atoms with Crippen molar-refractivity contribution < 1.29 is 0 Å². The molecule has 1 heterocycles. The summed E-state index contributed by atoms with van der Waals surface area (Å²) in [6.07, 6.45) is 4.00. The van der Waals surface area contributed by atoms with Gasteiger partial charge in [0.05, 0.1) is 6.54 Å². The molecule has 3 rings (SSSR count). The van der Waals surface area contributed by atoms with E-state index in [2.05, 4.69) is 49.9 Å². The second-order valence-corrected chi connectivity index (χ2v) is 5.15. The molecule has 3 N–H and O–H groups in total. The molecule has 2 aromatic rings. The lowest BCUT2D eigenvalue weighted by molar-refractivity contribution is 0.812. The average molecular weight is 284 g/mol. The van der Waals surface area contributed by atoms with Crippen molar-refractivity contribution in [1.82, 2.24) is 25.8 Å². The first-order chi connectivity index (χ1) is 10.3. The molecular formula is C15H20N6. The molecule has 21 heavy (non-hydrogen) atoms. The Kier molecular flexibility index (Phi) is 4.14. The first kappa shape index (κ1) is 13.6. The fourth-order valence-electron chi connectivity index (χ4n) is 2.07. The number of nitrogens with one attached hydrogen (secondary N) is 3. The van der Waals surface area contributed by atoms with Gasteiger partial charge < -0.3 is 10.6 Å². The second kappa shape index (κ2) is 6.39.